The average Bonchev–Trinajstić information content (AvgIpc) is 2.69. The molecule has 0 aliphatic carbocycles. The fourth-order valence-corrected chi connectivity index (χ4v) is 1.87. The van der Waals surface area contributed by atoms with E-state index < -0.39 is 6.04 Å². The number of halogens is 2. The van der Waals surface area contributed by atoms with Crippen LogP contribution < -0.4 is 5.73 Å². The van der Waals surface area contributed by atoms with Crippen LogP contribution in [0.1, 0.15) is 17.4 Å². The zero-order chi connectivity index (χ0) is 10.8. The minimum atomic E-state index is -0.579. The molecule has 0 fully saturated rings. The minimum absolute atomic E-state index is 0.352. The quantitative estimate of drug-likeness (QED) is 0.839. The Morgan fingerprint density at radius 3 is 2.47 bits per heavy atom. The maximum atomic E-state index is 5.99. The van der Waals surface area contributed by atoms with E-state index in [1.54, 1.807) is 18.2 Å². The van der Waals surface area contributed by atoms with E-state index >= 15 is 0 Å². The van der Waals surface area contributed by atoms with Crippen molar-refractivity contribution in [1.29, 1.82) is 0 Å². The van der Waals surface area contributed by atoms with Crippen LogP contribution in [0.25, 0.3) is 0 Å². The van der Waals surface area contributed by atoms with Crippen molar-refractivity contribution in [1.82, 2.24) is 20.6 Å². The molecule has 78 valence electrons. The normalized spacial score (nSPS) is 12.7. The Hall–Kier alpha value is -1.17. The molecule has 0 amide bonds. The summed E-state index contributed by atoms with van der Waals surface area (Å²) in [5, 5.41) is 14.3. The summed E-state index contributed by atoms with van der Waals surface area (Å²) in [6.07, 6.45) is 0. The maximum absolute atomic E-state index is 5.99. The first-order valence-corrected chi connectivity index (χ1v) is 4.88. The molecule has 5 nitrogen and oxygen atoms in total. The van der Waals surface area contributed by atoms with Crippen LogP contribution in [0.15, 0.2) is 18.2 Å². The van der Waals surface area contributed by atoms with Crippen molar-refractivity contribution in [3.63, 3.8) is 0 Å². The van der Waals surface area contributed by atoms with E-state index in [0.717, 1.165) is 0 Å². The SMILES string of the molecule is NC(c1nn[nH]n1)c1c(Cl)cccc1Cl. The maximum Gasteiger partial charge on any atom is 0.195 e. The molecule has 2 aromatic rings. The van der Waals surface area contributed by atoms with Gasteiger partial charge in [-0.15, -0.1) is 10.2 Å². The Labute approximate surface area is 95.6 Å². The highest BCUT2D eigenvalue weighted by atomic mass is 35.5. The van der Waals surface area contributed by atoms with Gasteiger partial charge in [0, 0.05) is 15.6 Å². The van der Waals surface area contributed by atoms with E-state index in [1.807, 2.05) is 0 Å². The molecule has 0 spiro atoms. The number of aromatic amines is 1. The predicted octanol–water partition coefficient (Wildman–Crippen LogP) is 1.55. The molecular formula is C8H7Cl2N5. The van der Waals surface area contributed by atoms with Crippen molar-refractivity contribution in [2.75, 3.05) is 0 Å². The second kappa shape index (κ2) is 4.14. The molecule has 1 unspecified atom stereocenters. The summed E-state index contributed by atoms with van der Waals surface area (Å²) in [5.74, 6) is 0.352. The van der Waals surface area contributed by atoms with Crippen LogP contribution in [-0.2, 0) is 0 Å². The van der Waals surface area contributed by atoms with Gasteiger partial charge in [-0.05, 0) is 12.1 Å². The first kappa shape index (κ1) is 10.4. The fraction of sp³-hybridized carbons (Fsp3) is 0.125. The summed E-state index contributed by atoms with van der Waals surface area (Å²) in [5.41, 5.74) is 6.51. The molecule has 0 aliphatic heterocycles. The molecule has 0 saturated carbocycles. The van der Waals surface area contributed by atoms with Crippen LogP contribution in [-0.4, -0.2) is 20.6 Å². The summed E-state index contributed by atoms with van der Waals surface area (Å²) < 4.78 is 0. The summed E-state index contributed by atoms with van der Waals surface area (Å²) in [4.78, 5) is 0. The highest BCUT2D eigenvalue weighted by Crippen LogP contribution is 2.30. The first-order valence-electron chi connectivity index (χ1n) is 4.13. The first-order chi connectivity index (χ1) is 7.20. The Morgan fingerprint density at radius 2 is 1.93 bits per heavy atom. The highest BCUT2D eigenvalue weighted by molar-refractivity contribution is 6.36. The fourth-order valence-electron chi connectivity index (χ4n) is 1.24. The van der Waals surface area contributed by atoms with Crippen molar-refractivity contribution in [2.24, 2.45) is 5.73 Å². The third-order valence-electron chi connectivity index (χ3n) is 1.95. The Kier molecular flexibility index (Phi) is 2.86. The van der Waals surface area contributed by atoms with Gasteiger partial charge in [-0.2, -0.15) is 5.21 Å². The third-order valence-corrected chi connectivity index (χ3v) is 2.61. The molecule has 0 radical (unpaired) electrons. The molecule has 0 bridgehead atoms. The number of hydrogen-bond donors (Lipinski definition) is 2. The second-order valence-electron chi connectivity index (χ2n) is 2.88. The standard InChI is InChI=1S/C8H7Cl2N5/c9-4-2-1-3-5(10)6(4)7(11)8-12-14-15-13-8/h1-3,7H,11H2,(H,12,13,14,15). The molecule has 15 heavy (non-hydrogen) atoms. The van der Waals surface area contributed by atoms with E-state index in [-0.39, 0.29) is 0 Å². The number of tetrazole rings is 1. The Bertz CT molecular complexity index is 436. The zero-order valence-corrected chi connectivity index (χ0v) is 9.00. The van der Waals surface area contributed by atoms with Crippen LogP contribution in [0.2, 0.25) is 10.0 Å². The van der Waals surface area contributed by atoms with Gasteiger partial charge in [0.15, 0.2) is 5.82 Å². The average molecular weight is 244 g/mol. The number of nitrogens with zero attached hydrogens (tertiary/aromatic N) is 3. The van der Waals surface area contributed by atoms with Gasteiger partial charge >= 0.3 is 0 Å². The third kappa shape index (κ3) is 1.94. The lowest BCUT2D eigenvalue weighted by Gasteiger charge is -2.11. The number of H-pyrrole nitrogens is 1. The smallest absolute Gasteiger partial charge is 0.195 e. The van der Waals surface area contributed by atoms with Gasteiger partial charge in [-0.25, -0.2) is 0 Å². The molecule has 1 heterocycles. The molecule has 0 aliphatic rings. The van der Waals surface area contributed by atoms with Crippen LogP contribution >= 0.6 is 23.2 Å². The van der Waals surface area contributed by atoms with Crippen molar-refractivity contribution >= 4 is 23.2 Å². The number of hydrogen-bond acceptors (Lipinski definition) is 4. The Balaban J connectivity index is 2.46. The topological polar surface area (TPSA) is 80.5 Å². The molecule has 3 N–H and O–H groups in total. The van der Waals surface area contributed by atoms with Crippen LogP contribution in [0, 0.1) is 0 Å². The molecule has 1 atom stereocenters. The van der Waals surface area contributed by atoms with E-state index in [9.17, 15) is 0 Å². The lowest BCUT2D eigenvalue weighted by atomic mass is 10.1. The second-order valence-corrected chi connectivity index (χ2v) is 3.70. The number of nitrogens with one attached hydrogen (secondary N) is 1. The Morgan fingerprint density at radius 1 is 1.27 bits per heavy atom. The van der Waals surface area contributed by atoms with E-state index in [0.29, 0.717) is 21.4 Å². The number of rotatable bonds is 2. The van der Waals surface area contributed by atoms with Gasteiger partial charge in [0.25, 0.3) is 0 Å². The van der Waals surface area contributed by atoms with Gasteiger partial charge in [0.1, 0.15) is 0 Å². The molecule has 2 rings (SSSR count). The summed E-state index contributed by atoms with van der Waals surface area (Å²) >= 11 is 12.0. The molecule has 1 aromatic carbocycles. The lowest BCUT2D eigenvalue weighted by molar-refractivity contribution is 0.785. The lowest BCUT2D eigenvalue weighted by Crippen LogP contribution is -2.14. The van der Waals surface area contributed by atoms with Gasteiger partial charge in [0.05, 0.1) is 6.04 Å². The summed E-state index contributed by atoms with van der Waals surface area (Å²) in [7, 11) is 0. The summed E-state index contributed by atoms with van der Waals surface area (Å²) in [6.45, 7) is 0. The van der Waals surface area contributed by atoms with Crippen LogP contribution in [0.3, 0.4) is 0 Å². The molecule has 0 saturated heterocycles. The van der Waals surface area contributed by atoms with E-state index in [1.165, 1.54) is 0 Å². The highest BCUT2D eigenvalue weighted by Gasteiger charge is 2.19. The number of aromatic nitrogens is 4. The largest absolute Gasteiger partial charge is 0.317 e. The van der Waals surface area contributed by atoms with Crippen molar-refractivity contribution in [3.05, 3.63) is 39.6 Å². The van der Waals surface area contributed by atoms with Gasteiger partial charge < -0.3 is 5.73 Å². The number of nitrogens with two attached hydrogens (primary N) is 1. The van der Waals surface area contributed by atoms with Crippen molar-refractivity contribution in [2.45, 2.75) is 6.04 Å². The monoisotopic (exact) mass is 243 g/mol. The van der Waals surface area contributed by atoms with Gasteiger partial charge in [-0.1, -0.05) is 34.5 Å². The van der Waals surface area contributed by atoms with E-state index in [4.69, 9.17) is 28.9 Å². The van der Waals surface area contributed by atoms with Gasteiger partial charge in [-0.3, -0.25) is 0 Å². The van der Waals surface area contributed by atoms with Crippen LogP contribution in [0.4, 0.5) is 0 Å². The zero-order valence-electron chi connectivity index (χ0n) is 7.48. The minimum Gasteiger partial charge on any atom is -0.317 e. The van der Waals surface area contributed by atoms with Crippen molar-refractivity contribution in [3.8, 4) is 0 Å². The predicted molar refractivity (Wildman–Crippen MR) is 56.7 cm³/mol. The number of benzene rings is 1. The van der Waals surface area contributed by atoms with Crippen LogP contribution in [0.5, 0.6) is 0 Å². The van der Waals surface area contributed by atoms with Crippen molar-refractivity contribution < 1.29 is 0 Å². The summed E-state index contributed by atoms with van der Waals surface area (Å²) in [6, 6.07) is 4.59. The molecule has 7 heteroatoms. The molecular weight excluding hydrogens is 237 g/mol. The van der Waals surface area contributed by atoms with Gasteiger partial charge in [0.2, 0.25) is 0 Å². The molecule has 1 aromatic heterocycles. The van der Waals surface area contributed by atoms with E-state index in [2.05, 4.69) is 20.6 Å².